The highest BCUT2D eigenvalue weighted by atomic mass is 16.1. The molecule has 2 aromatic rings. The molecule has 0 aliphatic rings. The molecule has 4 heteroatoms. The van der Waals surface area contributed by atoms with Gasteiger partial charge >= 0.3 is 0 Å². The van der Waals surface area contributed by atoms with Crippen LogP contribution < -0.4 is 0 Å². The standard InChI is InChI=1S/C8H7N3O/c1-11-8-6(3-2-4-9-8)7(5-12)10-11/h2-5H,1H3. The molecule has 2 heterocycles. The van der Waals surface area contributed by atoms with E-state index in [1.807, 2.05) is 6.07 Å². The Morgan fingerprint density at radius 1 is 1.58 bits per heavy atom. The zero-order valence-corrected chi connectivity index (χ0v) is 6.56. The van der Waals surface area contributed by atoms with Crippen LogP contribution in [0.25, 0.3) is 11.0 Å². The first kappa shape index (κ1) is 6.97. The van der Waals surface area contributed by atoms with E-state index in [-0.39, 0.29) is 0 Å². The number of rotatable bonds is 1. The number of carbonyl (C=O) groups is 1. The summed E-state index contributed by atoms with van der Waals surface area (Å²) in [5.41, 5.74) is 1.18. The van der Waals surface area contributed by atoms with Crippen molar-refractivity contribution in [2.45, 2.75) is 0 Å². The number of nitrogens with zero attached hydrogens (tertiary/aromatic N) is 3. The van der Waals surface area contributed by atoms with E-state index in [0.717, 1.165) is 17.3 Å². The van der Waals surface area contributed by atoms with E-state index in [4.69, 9.17) is 0 Å². The molecule has 0 saturated heterocycles. The van der Waals surface area contributed by atoms with Crippen LogP contribution in [0.4, 0.5) is 0 Å². The van der Waals surface area contributed by atoms with Gasteiger partial charge in [-0.3, -0.25) is 4.79 Å². The summed E-state index contributed by atoms with van der Waals surface area (Å²) in [6, 6.07) is 3.62. The Labute approximate surface area is 68.8 Å². The van der Waals surface area contributed by atoms with Crippen molar-refractivity contribution in [2.75, 3.05) is 0 Å². The van der Waals surface area contributed by atoms with Crippen LogP contribution in [-0.4, -0.2) is 21.1 Å². The van der Waals surface area contributed by atoms with Gasteiger partial charge in [-0.2, -0.15) is 5.10 Å². The van der Waals surface area contributed by atoms with Gasteiger partial charge in [0, 0.05) is 18.6 Å². The number of carbonyl (C=O) groups excluding carboxylic acids is 1. The van der Waals surface area contributed by atoms with Gasteiger partial charge in [0.1, 0.15) is 5.69 Å². The van der Waals surface area contributed by atoms with Gasteiger partial charge in [0.05, 0.1) is 0 Å². The minimum atomic E-state index is 0.445. The molecule has 0 aromatic carbocycles. The number of hydrogen-bond donors (Lipinski definition) is 0. The minimum Gasteiger partial charge on any atom is -0.296 e. The average molecular weight is 161 g/mol. The molecule has 0 unspecified atom stereocenters. The Bertz CT molecular complexity index is 433. The fraction of sp³-hybridized carbons (Fsp3) is 0.125. The maximum absolute atomic E-state index is 10.5. The van der Waals surface area contributed by atoms with Crippen LogP contribution in [0.5, 0.6) is 0 Å². The van der Waals surface area contributed by atoms with Crippen LogP contribution in [0, 0.1) is 0 Å². The summed E-state index contributed by atoms with van der Waals surface area (Å²) in [6.07, 6.45) is 2.42. The second-order valence-electron chi connectivity index (χ2n) is 2.50. The predicted molar refractivity (Wildman–Crippen MR) is 43.9 cm³/mol. The van der Waals surface area contributed by atoms with Crippen molar-refractivity contribution < 1.29 is 4.79 Å². The summed E-state index contributed by atoms with van der Waals surface area (Å²) >= 11 is 0. The number of aryl methyl sites for hydroxylation is 1. The van der Waals surface area contributed by atoms with Gasteiger partial charge in [-0.1, -0.05) is 0 Å². The molecule has 0 N–H and O–H groups in total. The van der Waals surface area contributed by atoms with Crippen LogP contribution in [0.15, 0.2) is 18.3 Å². The lowest BCUT2D eigenvalue weighted by Crippen LogP contribution is -1.91. The zero-order valence-electron chi connectivity index (χ0n) is 6.56. The van der Waals surface area contributed by atoms with Crippen LogP contribution >= 0.6 is 0 Å². The molecule has 0 aliphatic heterocycles. The molecule has 60 valence electrons. The summed E-state index contributed by atoms with van der Waals surface area (Å²) < 4.78 is 1.60. The van der Waals surface area contributed by atoms with Crippen molar-refractivity contribution in [1.29, 1.82) is 0 Å². The Balaban J connectivity index is 2.91. The number of aromatic nitrogens is 3. The maximum Gasteiger partial charge on any atom is 0.171 e. The Morgan fingerprint density at radius 3 is 3.17 bits per heavy atom. The van der Waals surface area contributed by atoms with Crippen molar-refractivity contribution in [3.8, 4) is 0 Å². The third kappa shape index (κ3) is 0.812. The second kappa shape index (κ2) is 2.41. The molecule has 2 rings (SSSR count). The lowest BCUT2D eigenvalue weighted by molar-refractivity contribution is 0.112. The summed E-state index contributed by atoms with van der Waals surface area (Å²) in [4.78, 5) is 14.6. The van der Waals surface area contributed by atoms with E-state index in [9.17, 15) is 4.79 Å². The molecule has 12 heavy (non-hydrogen) atoms. The Hall–Kier alpha value is -1.71. The number of hydrogen-bond acceptors (Lipinski definition) is 3. The Morgan fingerprint density at radius 2 is 2.42 bits per heavy atom. The van der Waals surface area contributed by atoms with Crippen molar-refractivity contribution in [2.24, 2.45) is 7.05 Å². The van der Waals surface area contributed by atoms with Crippen molar-refractivity contribution in [3.05, 3.63) is 24.0 Å². The van der Waals surface area contributed by atoms with Gasteiger partial charge < -0.3 is 0 Å². The van der Waals surface area contributed by atoms with Crippen LogP contribution in [-0.2, 0) is 7.05 Å². The molecule has 0 spiro atoms. The highest BCUT2D eigenvalue weighted by molar-refractivity contribution is 5.93. The van der Waals surface area contributed by atoms with E-state index in [2.05, 4.69) is 10.1 Å². The normalized spacial score (nSPS) is 10.4. The first-order valence-corrected chi connectivity index (χ1v) is 3.56. The van der Waals surface area contributed by atoms with E-state index in [1.165, 1.54) is 0 Å². The van der Waals surface area contributed by atoms with Gasteiger partial charge in [0.15, 0.2) is 11.9 Å². The lowest BCUT2D eigenvalue weighted by atomic mass is 10.3. The molecular formula is C8H7N3O. The molecule has 0 aliphatic carbocycles. The van der Waals surface area contributed by atoms with Crippen LogP contribution in [0.1, 0.15) is 10.5 Å². The van der Waals surface area contributed by atoms with Gasteiger partial charge in [-0.05, 0) is 12.1 Å². The molecule has 0 fully saturated rings. The molecule has 0 atom stereocenters. The zero-order chi connectivity index (χ0) is 8.55. The van der Waals surface area contributed by atoms with E-state index in [0.29, 0.717) is 5.69 Å². The Kier molecular flexibility index (Phi) is 1.40. The number of aldehydes is 1. The van der Waals surface area contributed by atoms with E-state index >= 15 is 0 Å². The number of pyridine rings is 1. The third-order valence-electron chi connectivity index (χ3n) is 1.74. The van der Waals surface area contributed by atoms with Gasteiger partial charge in [-0.25, -0.2) is 9.67 Å². The van der Waals surface area contributed by atoms with Gasteiger partial charge in [0.2, 0.25) is 0 Å². The number of fused-ring (bicyclic) bond motifs is 1. The van der Waals surface area contributed by atoms with Gasteiger partial charge in [0.25, 0.3) is 0 Å². The molecule has 0 amide bonds. The largest absolute Gasteiger partial charge is 0.296 e. The quantitative estimate of drug-likeness (QED) is 0.580. The van der Waals surface area contributed by atoms with E-state index < -0.39 is 0 Å². The van der Waals surface area contributed by atoms with E-state index in [1.54, 1.807) is 24.0 Å². The van der Waals surface area contributed by atoms with Crippen LogP contribution in [0.3, 0.4) is 0 Å². The van der Waals surface area contributed by atoms with Crippen molar-refractivity contribution in [1.82, 2.24) is 14.8 Å². The highest BCUT2D eigenvalue weighted by Crippen LogP contribution is 2.12. The predicted octanol–water partition coefficient (Wildman–Crippen LogP) is 0.781. The molecule has 2 aromatic heterocycles. The fourth-order valence-corrected chi connectivity index (χ4v) is 1.20. The summed E-state index contributed by atoms with van der Waals surface area (Å²) in [5.74, 6) is 0. The molecule has 0 bridgehead atoms. The highest BCUT2D eigenvalue weighted by Gasteiger charge is 2.06. The second-order valence-corrected chi connectivity index (χ2v) is 2.50. The molecule has 4 nitrogen and oxygen atoms in total. The fourth-order valence-electron chi connectivity index (χ4n) is 1.20. The summed E-state index contributed by atoms with van der Waals surface area (Å²) in [6.45, 7) is 0. The SMILES string of the molecule is Cn1nc(C=O)c2cccnc21. The molecule has 0 radical (unpaired) electrons. The summed E-state index contributed by atoms with van der Waals surface area (Å²) in [7, 11) is 1.77. The monoisotopic (exact) mass is 161 g/mol. The molecular weight excluding hydrogens is 154 g/mol. The third-order valence-corrected chi connectivity index (χ3v) is 1.74. The minimum absolute atomic E-state index is 0.445. The van der Waals surface area contributed by atoms with Gasteiger partial charge in [-0.15, -0.1) is 0 Å². The smallest absolute Gasteiger partial charge is 0.171 e. The van der Waals surface area contributed by atoms with Crippen molar-refractivity contribution in [3.63, 3.8) is 0 Å². The molecule has 0 saturated carbocycles. The first-order chi connectivity index (χ1) is 5.83. The lowest BCUT2D eigenvalue weighted by Gasteiger charge is -1.88. The average Bonchev–Trinajstić information content (AvgIpc) is 2.44. The van der Waals surface area contributed by atoms with Crippen molar-refractivity contribution >= 4 is 17.3 Å². The van der Waals surface area contributed by atoms with Crippen LogP contribution in [0.2, 0.25) is 0 Å². The first-order valence-electron chi connectivity index (χ1n) is 3.56. The maximum atomic E-state index is 10.5. The topological polar surface area (TPSA) is 47.8 Å². The summed E-state index contributed by atoms with van der Waals surface area (Å²) in [5, 5.41) is 4.80.